The minimum Gasteiger partial charge on any atom is -0.447 e. The van der Waals surface area contributed by atoms with E-state index in [9.17, 15) is 31.5 Å². The molecule has 0 saturated heterocycles. The summed E-state index contributed by atoms with van der Waals surface area (Å²) >= 11 is 6.44. The van der Waals surface area contributed by atoms with Crippen molar-refractivity contribution in [2.45, 2.75) is 69.8 Å². The summed E-state index contributed by atoms with van der Waals surface area (Å²) in [4.78, 5) is 37.2. The van der Waals surface area contributed by atoms with Crippen molar-refractivity contribution in [3.05, 3.63) is 70.9 Å². The first-order chi connectivity index (χ1) is 24.8. The zero-order valence-corrected chi connectivity index (χ0v) is 30.3. The Balaban J connectivity index is 1.59. The first-order valence-corrected chi connectivity index (χ1v) is 16.8. The van der Waals surface area contributed by atoms with Crippen molar-refractivity contribution in [2.24, 2.45) is 33.3 Å². The van der Waals surface area contributed by atoms with Crippen LogP contribution in [0, 0.1) is 5.41 Å². The highest BCUT2D eigenvalue weighted by Crippen LogP contribution is 2.49. The van der Waals surface area contributed by atoms with Crippen LogP contribution in [-0.2, 0) is 22.1 Å². The molecule has 0 spiro atoms. The third kappa shape index (κ3) is 7.84. The van der Waals surface area contributed by atoms with Crippen LogP contribution in [0.5, 0.6) is 0 Å². The van der Waals surface area contributed by atoms with Crippen LogP contribution in [0.3, 0.4) is 0 Å². The molecular formula is C35H39ClF5N9O3. The lowest BCUT2D eigenvalue weighted by Crippen LogP contribution is -2.50. The normalized spacial score (nSPS) is 19.2. The number of alkyl halides is 5. The molecule has 0 radical (unpaired) electrons. The SMILES string of the molecule is C=NN(C(=NC)C(F)F)c1cc([C@@H](COC(=O)NC2(C(F)(F)F)CC2)N2C(=O)[C@@](CC(C)(C)C)(c3ccc(-c4ccn(C)n4)cc3)N=C2N)ccc1Cl. The Kier molecular flexibility index (Phi) is 10.6. The van der Waals surface area contributed by atoms with Gasteiger partial charge in [0, 0.05) is 32.6 Å². The van der Waals surface area contributed by atoms with E-state index in [0.717, 1.165) is 17.5 Å². The summed E-state index contributed by atoms with van der Waals surface area (Å²) in [5.41, 5.74) is 3.99. The van der Waals surface area contributed by atoms with Crippen molar-refractivity contribution in [1.82, 2.24) is 20.0 Å². The van der Waals surface area contributed by atoms with E-state index in [2.05, 4.69) is 21.9 Å². The number of nitrogens with zero attached hydrogens (tertiary/aromatic N) is 7. The number of amidine groups is 1. The molecule has 2 aliphatic rings. The number of alkyl carbamates (subject to hydrolysis) is 1. The number of aryl methyl sites for hydroxylation is 1. The van der Waals surface area contributed by atoms with Crippen LogP contribution in [0.4, 0.5) is 32.4 Å². The molecule has 12 nitrogen and oxygen atoms in total. The Hall–Kier alpha value is -5.06. The molecule has 2 aromatic carbocycles. The molecule has 1 aliphatic heterocycles. The second-order valence-corrected chi connectivity index (χ2v) is 14.5. The second kappa shape index (κ2) is 14.4. The minimum atomic E-state index is -4.72. The lowest BCUT2D eigenvalue weighted by atomic mass is 9.75. The molecule has 2 heterocycles. The van der Waals surface area contributed by atoms with Gasteiger partial charge in [-0.2, -0.15) is 23.4 Å². The number of benzene rings is 2. The third-order valence-corrected chi connectivity index (χ3v) is 9.29. The van der Waals surface area contributed by atoms with Gasteiger partial charge in [0.15, 0.2) is 17.3 Å². The number of rotatable bonds is 11. The Morgan fingerprint density at radius 1 is 1.15 bits per heavy atom. The summed E-state index contributed by atoms with van der Waals surface area (Å²) in [5.74, 6) is -1.71. The standard InChI is InChI=1S/C35H39ClF5N9O3/c1-32(2,3)19-34(22-10-7-20(8-11-22)24-13-16-48(6)47-24)29(51)49(30(42)45-34)26(18-53-31(52)46-33(14-15-33)35(39,40)41)21-9-12-23(36)25(17-21)50(44-5)28(43-4)27(37)38/h7-13,16-17,26-27H,5,14-15,18-19H2,1-4,6H3,(H2,42,45)(H,46,52)/t26-,34-/m1/s1. The number of nitrogens with two attached hydrogens (primary N) is 1. The van der Waals surface area contributed by atoms with Crippen LogP contribution in [0.2, 0.25) is 5.02 Å². The van der Waals surface area contributed by atoms with Gasteiger partial charge in [0.05, 0.1) is 22.4 Å². The van der Waals surface area contributed by atoms with Gasteiger partial charge in [-0.1, -0.05) is 62.7 Å². The van der Waals surface area contributed by atoms with Crippen LogP contribution in [0.15, 0.2) is 69.8 Å². The molecule has 53 heavy (non-hydrogen) atoms. The lowest BCUT2D eigenvalue weighted by Gasteiger charge is -2.35. The molecule has 2 amide bonds. The number of hydrazone groups is 1. The smallest absolute Gasteiger partial charge is 0.411 e. The van der Waals surface area contributed by atoms with E-state index in [-0.39, 0.29) is 41.5 Å². The number of carbonyl (C=O) groups is 2. The first kappa shape index (κ1) is 39.2. The Morgan fingerprint density at radius 3 is 2.32 bits per heavy atom. The van der Waals surface area contributed by atoms with Crippen molar-refractivity contribution in [3.8, 4) is 11.3 Å². The number of carbonyl (C=O) groups excluding carboxylic acids is 2. The zero-order valence-electron chi connectivity index (χ0n) is 29.6. The summed E-state index contributed by atoms with van der Waals surface area (Å²) in [6.45, 7) is 8.38. The first-order valence-electron chi connectivity index (χ1n) is 16.4. The maximum atomic E-state index is 14.9. The predicted octanol–water partition coefficient (Wildman–Crippen LogP) is 6.81. The van der Waals surface area contributed by atoms with Gasteiger partial charge in [0.2, 0.25) is 0 Å². The van der Waals surface area contributed by atoms with E-state index >= 15 is 0 Å². The van der Waals surface area contributed by atoms with Crippen LogP contribution in [0.25, 0.3) is 11.3 Å². The monoisotopic (exact) mass is 763 g/mol. The molecule has 0 unspecified atom stereocenters. The zero-order chi connectivity index (χ0) is 39.1. The van der Waals surface area contributed by atoms with Crippen LogP contribution >= 0.6 is 11.6 Å². The van der Waals surface area contributed by atoms with E-state index in [1.54, 1.807) is 42.2 Å². The quantitative estimate of drug-likeness (QED) is 0.0952. The van der Waals surface area contributed by atoms with Crippen molar-refractivity contribution < 1.29 is 36.3 Å². The van der Waals surface area contributed by atoms with E-state index in [4.69, 9.17) is 27.1 Å². The molecule has 2 atom stereocenters. The van der Waals surface area contributed by atoms with E-state index in [1.165, 1.54) is 18.2 Å². The summed E-state index contributed by atoms with van der Waals surface area (Å²) < 4.78 is 75.9. The Morgan fingerprint density at radius 2 is 1.81 bits per heavy atom. The number of aromatic nitrogens is 2. The van der Waals surface area contributed by atoms with Gasteiger partial charge in [-0.05, 0) is 54.0 Å². The molecule has 18 heteroatoms. The summed E-state index contributed by atoms with van der Waals surface area (Å²) in [6, 6.07) is 11.6. The van der Waals surface area contributed by atoms with Crippen LogP contribution in [-0.4, -0.2) is 77.0 Å². The maximum Gasteiger partial charge on any atom is 0.411 e. The van der Waals surface area contributed by atoms with Gasteiger partial charge in [-0.15, -0.1) is 0 Å². The fourth-order valence-electron chi connectivity index (χ4n) is 6.33. The maximum absolute atomic E-state index is 14.9. The van der Waals surface area contributed by atoms with Gasteiger partial charge >= 0.3 is 12.3 Å². The van der Waals surface area contributed by atoms with Crippen molar-refractivity contribution in [2.75, 3.05) is 18.7 Å². The number of anilines is 1. The van der Waals surface area contributed by atoms with E-state index in [1.807, 2.05) is 32.2 Å². The molecule has 1 aliphatic carbocycles. The van der Waals surface area contributed by atoms with Crippen LogP contribution < -0.4 is 16.1 Å². The van der Waals surface area contributed by atoms with E-state index < -0.39 is 59.6 Å². The van der Waals surface area contributed by atoms with Crippen LogP contribution in [0.1, 0.15) is 57.2 Å². The fourth-order valence-corrected chi connectivity index (χ4v) is 6.52. The minimum absolute atomic E-state index is 0.0642. The second-order valence-electron chi connectivity index (χ2n) is 14.1. The number of halogens is 6. The van der Waals surface area contributed by atoms with Crippen molar-refractivity contribution in [3.63, 3.8) is 0 Å². The number of aliphatic imine (C=N–C) groups is 2. The molecule has 0 bridgehead atoms. The topological polar surface area (TPSA) is 143 Å². The molecule has 284 valence electrons. The van der Waals surface area contributed by atoms with Gasteiger partial charge in [0.25, 0.3) is 12.3 Å². The largest absolute Gasteiger partial charge is 0.447 e. The van der Waals surface area contributed by atoms with Crippen molar-refractivity contribution in [1.29, 1.82) is 0 Å². The number of ether oxygens (including phenoxy) is 1. The molecule has 5 rings (SSSR count). The Labute approximate surface area is 307 Å². The third-order valence-electron chi connectivity index (χ3n) is 8.97. The molecule has 1 fully saturated rings. The highest BCUT2D eigenvalue weighted by atomic mass is 35.5. The molecule has 1 saturated carbocycles. The van der Waals surface area contributed by atoms with Gasteiger partial charge in [-0.3, -0.25) is 19.4 Å². The lowest BCUT2D eigenvalue weighted by molar-refractivity contribution is -0.164. The number of amides is 2. The highest BCUT2D eigenvalue weighted by Gasteiger charge is 2.64. The summed E-state index contributed by atoms with van der Waals surface area (Å²) in [5, 5.41) is 10.6. The van der Waals surface area contributed by atoms with Crippen molar-refractivity contribution >= 4 is 47.8 Å². The highest BCUT2D eigenvalue weighted by molar-refractivity contribution is 6.34. The van der Waals surface area contributed by atoms with Gasteiger partial charge in [-0.25, -0.2) is 23.6 Å². The number of guanidine groups is 1. The van der Waals surface area contributed by atoms with Gasteiger partial charge < -0.3 is 15.8 Å². The molecule has 3 N–H and O–H groups in total. The Bertz CT molecular complexity index is 1940. The molecule has 1 aromatic heterocycles. The van der Waals surface area contributed by atoms with E-state index in [0.29, 0.717) is 16.3 Å². The van der Waals surface area contributed by atoms with Gasteiger partial charge in [0.1, 0.15) is 12.1 Å². The summed E-state index contributed by atoms with van der Waals surface area (Å²) in [7, 11) is 2.91. The number of nitrogens with one attached hydrogen (secondary N) is 1. The predicted molar refractivity (Wildman–Crippen MR) is 191 cm³/mol. The number of hydrogen-bond donors (Lipinski definition) is 2. The summed E-state index contributed by atoms with van der Waals surface area (Å²) in [6.07, 6.45) is -7.91. The number of hydrogen-bond acceptors (Lipinski definition) is 8. The molecular weight excluding hydrogens is 725 g/mol. The molecule has 3 aromatic rings. The fraction of sp³-hybridized carbons (Fsp3) is 0.429. The average molecular weight is 764 g/mol. The average Bonchev–Trinajstić information content (AvgIpc) is 3.68.